The standard InChI is InChI=1S/C10H17NO3S/c1-4-5-11-9(12)6-15-7-10(13)14-8(2)3/h4,8H,1,5-7H2,2-3H3,(H,11,12). The molecule has 0 aliphatic heterocycles. The molecule has 0 radical (unpaired) electrons. The third-order valence-electron chi connectivity index (χ3n) is 1.26. The van der Waals surface area contributed by atoms with Gasteiger partial charge in [-0.05, 0) is 13.8 Å². The number of thioether (sulfide) groups is 1. The predicted molar refractivity (Wildman–Crippen MR) is 61.8 cm³/mol. The summed E-state index contributed by atoms with van der Waals surface area (Å²) in [5.41, 5.74) is 0. The van der Waals surface area contributed by atoms with E-state index < -0.39 is 0 Å². The van der Waals surface area contributed by atoms with Crippen molar-refractivity contribution >= 4 is 23.6 Å². The summed E-state index contributed by atoms with van der Waals surface area (Å²) in [4.78, 5) is 22.1. The maximum Gasteiger partial charge on any atom is 0.316 e. The highest BCUT2D eigenvalue weighted by molar-refractivity contribution is 8.00. The van der Waals surface area contributed by atoms with Crippen molar-refractivity contribution in [2.45, 2.75) is 20.0 Å². The minimum atomic E-state index is -0.286. The summed E-state index contributed by atoms with van der Waals surface area (Å²) in [6.07, 6.45) is 1.50. The van der Waals surface area contributed by atoms with Crippen molar-refractivity contribution in [3.05, 3.63) is 12.7 Å². The minimum Gasteiger partial charge on any atom is -0.462 e. The van der Waals surface area contributed by atoms with Crippen molar-refractivity contribution in [2.24, 2.45) is 0 Å². The topological polar surface area (TPSA) is 55.4 Å². The van der Waals surface area contributed by atoms with E-state index in [1.54, 1.807) is 19.9 Å². The third-order valence-corrected chi connectivity index (χ3v) is 2.17. The van der Waals surface area contributed by atoms with Gasteiger partial charge in [0.05, 0.1) is 17.6 Å². The van der Waals surface area contributed by atoms with Gasteiger partial charge in [0.15, 0.2) is 0 Å². The third kappa shape index (κ3) is 9.34. The van der Waals surface area contributed by atoms with Crippen LogP contribution in [0.4, 0.5) is 0 Å². The number of hydrogen-bond acceptors (Lipinski definition) is 4. The van der Waals surface area contributed by atoms with Crippen LogP contribution in [0.3, 0.4) is 0 Å². The molecular weight excluding hydrogens is 214 g/mol. The number of carbonyl (C=O) groups is 2. The summed E-state index contributed by atoms with van der Waals surface area (Å²) in [6, 6.07) is 0. The summed E-state index contributed by atoms with van der Waals surface area (Å²) >= 11 is 1.24. The average molecular weight is 231 g/mol. The number of amides is 1. The van der Waals surface area contributed by atoms with Crippen LogP contribution in [0.25, 0.3) is 0 Å². The van der Waals surface area contributed by atoms with Gasteiger partial charge in [-0.15, -0.1) is 18.3 Å². The number of hydrogen-bond donors (Lipinski definition) is 1. The fourth-order valence-corrected chi connectivity index (χ4v) is 1.39. The molecule has 0 rings (SSSR count). The van der Waals surface area contributed by atoms with Gasteiger partial charge in [0.2, 0.25) is 5.91 Å². The first-order valence-electron chi connectivity index (χ1n) is 4.71. The van der Waals surface area contributed by atoms with Crippen molar-refractivity contribution < 1.29 is 14.3 Å². The van der Waals surface area contributed by atoms with Gasteiger partial charge in [0, 0.05) is 6.54 Å². The highest BCUT2D eigenvalue weighted by atomic mass is 32.2. The Morgan fingerprint density at radius 1 is 1.47 bits per heavy atom. The molecule has 0 heterocycles. The van der Waals surface area contributed by atoms with Crippen LogP contribution in [-0.4, -0.2) is 36.0 Å². The highest BCUT2D eigenvalue weighted by Crippen LogP contribution is 2.01. The lowest BCUT2D eigenvalue weighted by molar-refractivity contribution is -0.144. The first kappa shape index (κ1) is 14.0. The van der Waals surface area contributed by atoms with Crippen LogP contribution < -0.4 is 5.32 Å². The fourth-order valence-electron chi connectivity index (χ4n) is 0.761. The van der Waals surface area contributed by atoms with Gasteiger partial charge in [-0.3, -0.25) is 9.59 Å². The molecular formula is C10H17NO3S. The second kappa shape index (κ2) is 8.35. The second-order valence-electron chi connectivity index (χ2n) is 3.12. The summed E-state index contributed by atoms with van der Waals surface area (Å²) in [6.45, 7) is 7.51. The zero-order chi connectivity index (χ0) is 11.7. The number of ether oxygens (including phenoxy) is 1. The summed E-state index contributed by atoms with van der Waals surface area (Å²) < 4.78 is 4.91. The Kier molecular flexibility index (Phi) is 7.81. The zero-order valence-electron chi connectivity index (χ0n) is 9.12. The van der Waals surface area contributed by atoms with Crippen LogP contribution in [-0.2, 0) is 14.3 Å². The molecule has 0 saturated heterocycles. The molecule has 0 atom stereocenters. The summed E-state index contributed by atoms with van der Waals surface area (Å²) in [5.74, 6) is 0.0875. The number of rotatable bonds is 7. The van der Waals surface area contributed by atoms with Crippen LogP contribution in [0.1, 0.15) is 13.8 Å². The molecule has 0 aliphatic rings. The highest BCUT2D eigenvalue weighted by Gasteiger charge is 2.07. The van der Waals surface area contributed by atoms with Gasteiger partial charge in [-0.1, -0.05) is 6.08 Å². The first-order valence-corrected chi connectivity index (χ1v) is 5.86. The quantitative estimate of drug-likeness (QED) is 0.524. The Bertz CT molecular complexity index is 229. The molecule has 0 unspecified atom stereocenters. The molecule has 1 amide bonds. The number of nitrogens with one attached hydrogen (secondary N) is 1. The summed E-state index contributed by atoms with van der Waals surface area (Å²) in [7, 11) is 0. The fraction of sp³-hybridized carbons (Fsp3) is 0.600. The van der Waals surface area contributed by atoms with E-state index in [2.05, 4.69) is 11.9 Å². The van der Waals surface area contributed by atoms with Gasteiger partial charge >= 0.3 is 5.97 Å². The van der Waals surface area contributed by atoms with E-state index in [0.29, 0.717) is 6.54 Å². The van der Waals surface area contributed by atoms with E-state index in [1.165, 1.54) is 11.8 Å². The molecule has 4 nitrogen and oxygen atoms in total. The molecule has 15 heavy (non-hydrogen) atoms. The smallest absolute Gasteiger partial charge is 0.316 e. The molecule has 86 valence electrons. The lowest BCUT2D eigenvalue weighted by atomic mass is 10.5. The molecule has 0 bridgehead atoms. The van der Waals surface area contributed by atoms with Crippen LogP contribution in [0.15, 0.2) is 12.7 Å². The van der Waals surface area contributed by atoms with Crippen molar-refractivity contribution in [1.29, 1.82) is 0 Å². The van der Waals surface area contributed by atoms with Crippen molar-refractivity contribution in [2.75, 3.05) is 18.1 Å². The van der Waals surface area contributed by atoms with Crippen molar-refractivity contribution in [1.82, 2.24) is 5.32 Å². The van der Waals surface area contributed by atoms with E-state index in [9.17, 15) is 9.59 Å². The molecule has 0 spiro atoms. The van der Waals surface area contributed by atoms with Gasteiger partial charge in [-0.2, -0.15) is 0 Å². The molecule has 0 saturated carbocycles. The van der Waals surface area contributed by atoms with E-state index in [4.69, 9.17) is 4.74 Å². The van der Waals surface area contributed by atoms with Crippen molar-refractivity contribution in [3.63, 3.8) is 0 Å². The molecule has 0 aliphatic carbocycles. The van der Waals surface area contributed by atoms with E-state index >= 15 is 0 Å². The molecule has 0 fully saturated rings. The predicted octanol–water partition coefficient (Wildman–Crippen LogP) is 0.973. The maximum absolute atomic E-state index is 11.1. The lowest BCUT2D eigenvalue weighted by Crippen LogP contribution is -2.25. The van der Waals surface area contributed by atoms with E-state index in [0.717, 1.165) is 0 Å². The van der Waals surface area contributed by atoms with Crippen LogP contribution in [0.2, 0.25) is 0 Å². The van der Waals surface area contributed by atoms with E-state index in [-0.39, 0.29) is 29.5 Å². The number of esters is 1. The SMILES string of the molecule is C=CCNC(=O)CSCC(=O)OC(C)C. The normalized spacial score (nSPS) is 9.80. The van der Waals surface area contributed by atoms with Crippen molar-refractivity contribution in [3.8, 4) is 0 Å². The van der Waals surface area contributed by atoms with Crippen LogP contribution in [0, 0.1) is 0 Å². The Labute approximate surface area is 94.4 Å². The lowest BCUT2D eigenvalue weighted by Gasteiger charge is -2.07. The average Bonchev–Trinajstić information content (AvgIpc) is 2.13. The van der Waals surface area contributed by atoms with Gasteiger partial charge < -0.3 is 10.1 Å². The Balaban J connectivity index is 3.48. The molecule has 0 aromatic heterocycles. The van der Waals surface area contributed by atoms with E-state index in [1.807, 2.05) is 0 Å². The first-order chi connectivity index (χ1) is 7.06. The molecule has 0 aromatic rings. The van der Waals surface area contributed by atoms with Crippen LogP contribution in [0.5, 0.6) is 0 Å². The maximum atomic E-state index is 11.1. The monoisotopic (exact) mass is 231 g/mol. The molecule has 5 heteroatoms. The van der Waals surface area contributed by atoms with Gasteiger partial charge in [0.1, 0.15) is 0 Å². The molecule has 1 N–H and O–H groups in total. The van der Waals surface area contributed by atoms with Crippen LogP contribution >= 0.6 is 11.8 Å². The summed E-state index contributed by atoms with van der Waals surface area (Å²) in [5, 5.41) is 2.62. The van der Waals surface area contributed by atoms with Gasteiger partial charge in [0.25, 0.3) is 0 Å². The minimum absolute atomic E-state index is 0.0998. The Morgan fingerprint density at radius 2 is 2.13 bits per heavy atom. The largest absolute Gasteiger partial charge is 0.462 e. The second-order valence-corrected chi connectivity index (χ2v) is 4.11. The zero-order valence-corrected chi connectivity index (χ0v) is 9.93. The van der Waals surface area contributed by atoms with Gasteiger partial charge in [-0.25, -0.2) is 0 Å². The Hall–Kier alpha value is -0.970. The Morgan fingerprint density at radius 3 is 2.67 bits per heavy atom. The molecule has 0 aromatic carbocycles. The number of carbonyl (C=O) groups excluding carboxylic acids is 2.